The molecule has 0 saturated carbocycles. The largest absolute Gasteiger partial charge is 0.467 e. The van der Waals surface area contributed by atoms with Gasteiger partial charge in [0.2, 0.25) is 0 Å². The fraction of sp³-hybridized carbons (Fsp3) is 0.273. The van der Waals surface area contributed by atoms with E-state index < -0.39 is 16.9 Å². The van der Waals surface area contributed by atoms with Gasteiger partial charge >= 0.3 is 5.97 Å². The number of ether oxygens (including phenoxy) is 1. The molecule has 0 radical (unpaired) electrons. The molecule has 0 aliphatic carbocycles. The van der Waals surface area contributed by atoms with E-state index in [1.165, 1.54) is 26.2 Å². The highest BCUT2D eigenvalue weighted by atomic mass is 16.6. The lowest BCUT2D eigenvalue weighted by molar-refractivity contribution is -0.384. The molecule has 0 aliphatic heterocycles. The summed E-state index contributed by atoms with van der Waals surface area (Å²) in [6, 6.07) is 3.21. The Balaban J connectivity index is 3.05. The van der Waals surface area contributed by atoms with Crippen molar-refractivity contribution in [2.75, 3.05) is 12.4 Å². The number of nitro benzene ring substituents is 1. The van der Waals surface area contributed by atoms with Crippen molar-refractivity contribution in [3.8, 4) is 0 Å². The number of carbonyl (C=O) groups excluding carboxylic acids is 2. The van der Waals surface area contributed by atoms with E-state index in [2.05, 4.69) is 10.1 Å². The maximum absolute atomic E-state index is 11.2. The van der Waals surface area contributed by atoms with Crippen LogP contribution in [0.2, 0.25) is 0 Å². The van der Waals surface area contributed by atoms with Gasteiger partial charge in [-0.1, -0.05) is 0 Å². The van der Waals surface area contributed by atoms with Crippen LogP contribution in [0.25, 0.3) is 0 Å². The number of rotatable bonds is 5. The van der Waals surface area contributed by atoms with E-state index in [0.717, 1.165) is 6.07 Å². The monoisotopic (exact) mass is 252 g/mol. The van der Waals surface area contributed by atoms with E-state index in [1.54, 1.807) is 0 Å². The highest BCUT2D eigenvalue weighted by molar-refractivity contribution is 5.82. The summed E-state index contributed by atoms with van der Waals surface area (Å²) in [7, 11) is 1.23. The second-order valence-corrected chi connectivity index (χ2v) is 3.54. The Morgan fingerprint density at radius 2 is 2.22 bits per heavy atom. The highest BCUT2D eigenvalue weighted by Gasteiger charge is 2.19. The van der Waals surface area contributed by atoms with E-state index in [1.807, 2.05) is 0 Å². The van der Waals surface area contributed by atoms with Gasteiger partial charge < -0.3 is 10.1 Å². The van der Waals surface area contributed by atoms with Crippen molar-refractivity contribution in [1.82, 2.24) is 0 Å². The van der Waals surface area contributed by atoms with Gasteiger partial charge in [-0.3, -0.25) is 14.9 Å². The lowest BCUT2D eigenvalue weighted by atomic mass is 10.1. The fourth-order valence-electron chi connectivity index (χ4n) is 1.36. The quantitative estimate of drug-likeness (QED) is 0.368. The van der Waals surface area contributed by atoms with Crippen molar-refractivity contribution in [2.45, 2.75) is 13.0 Å². The second-order valence-electron chi connectivity index (χ2n) is 3.54. The average molecular weight is 252 g/mol. The third kappa shape index (κ3) is 3.03. The summed E-state index contributed by atoms with van der Waals surface area (Å²) in [6.45, 7) is 1.52. The molecule has 0 heterocycles. The van der Waals surface area contributed by atoms with Crippen molar-refractivity contribution in [2.24, 2.45) is 0 Å². The standard InChI is InChI=1S/C11H12N2O5/c1-7(11(15)18-2)12-9-4-3-8(6-14)5-10(9)13(16)17/h3-7,12H,1-2H3. The van der Waals surface area contributed by atoms with Crippen LogP contribution >= 0.6 is 0 Å². The van der Waals surface area contributed by atoms with Gasteiger partial charge in [0.25, 0.3) is 5.69 Å². The molecule has 1 unspecified atom stereocenters. The number of benzene rings is 1. The zero-order valence-electron chi connectivity index (χ0n) is 9.88. The molecule has 1 atom stereocenters. The number of nitrogens with zero attached hydrogens (tertiary/aromatic N) is 1. The van der Waals surface area contributed by atoms with Crippen LogP contribution in [0.5, 0.6) is 0 Å². The minimum atomic E-state index is -0.726. The Kier molecular flexibility index (Phi) is 4.36. The Bertz CT molecular complexity index is 486. The van der Waals surface area contributed by atoms with Crippen molar-refractivity contribution in [3.63, 3.8) is 0 Å². The molecule has 0 aromatic heterocycles. The minimum absolute atomic E-state index is 0.156. The van der Waals surface area contributed by atoms with Gasteiger partial charge in [0.05, 0.1) is 12.0 Å². The molecule has 1 rings (SSSR count). The SMILES string of the molecule is COC(=O)C(C)Nc1ccc(C=O)cc1[N+](=O)[O-]. The first-order chi connectivity index (χ1) is 8.49. The maximum atomic E-state index is 11.2. The van der Waals surface area contributed by atoms with E-state index in [4.69, 9.17) is 0 Å². The van der Waals surface area contributed by atoms with Crippen molar-refractivity contribution >= 4 is 23.6 Å². The molecular formula is C11H12N2O5. The van der Waals surface area contributed by atoms with Crippen molar-refractivity contribution in [3.05, 3.63) is 33.9 Å². The van der Waals surface area contributed by atoms with Gasteiger partial charge in [-0.2, -0.15) is 0 Å². The lowest BCUT2D eigenvalue weighted by Gasteiger charge is -2.13. The summed E-state index contributed by atoms with van der Waals surface area (Å²) >= 11 is 0. The smallest absolute Gasteiger partial charge is 0.327 e. The second kappa shape index (κ2) is 5.76. The molecule has 0 fully saturated rings. The predicted octanol–water partition coefficient (Wildman–Crippen LogP) is 1.38. The zero-order valence-corrected chi connectivity index (χ0v) is 9.88. The molecule has 1 aromatic rings. The minimum Gasteiger partial charge on any atom is -0.467 e. The summed E-state index contributed by atoms with van der Waals surface area (Å²) in [5.41, 5.74) is 0.0804. The Hall–Kier alpha value is -2.44. The molecule has 0 amide bonds. The average Bonchev–Trinajstić information content (AvgIpc) is 2.37. The third-order valence-corrected chi connectivity index (χ3v) is 2.28. The van der Waals surface area contributed by atoms with Gasteiger partial charge in [-0.15, -0.1) is 0 Å². The molecule has 7 nitrogen and oxygen atoms in total. The topological polar surface area (TPSA) is 98.5 Å². The number of hydrogen-bond donors (Lipinski definition) is 1. The number of nitro groups is 1. The van der Waals surface area contributed by atoms with Gasteiger partial charge in [0.1, 0.15) is 18.0 Å². The Morgan fingerprint density at radius 3 is 2.72 bits per heavy atom. The molecule has 7 heteroatoms. The van der Waals surface area contributed by atoms with Crippen LogP contribution in [0.15, 0.2) is 18.2 Å². The predicted molar refractivity (Wildman–Crippen MR) is 63.6 cm³/mol. The maximum Gasteiger partial charge on any atom is 0.327 e. The molecule has 0 aliphatic rings. The number of esters is 1. The van der Waals surface area contributed by atoms with Crippen LogP contribution < -0.4 is 5.32 Å². The molecular weight excluding hydrogens is 240 g/mol. The molecule has 96 valence electrons. The van der Waals surface area contributed by atoms with E-state index in [0.29, 0.717) is 6.29 Å². The van der Waals surface area contributed by atoms with E-state index in [9.17, 15) is 19.7 Å². The van der Waals surface area contributed by atoms with Crippen LogP contribution in [-0.2, 0) is 9.53 Å². The van der Waals surface area contributed by atoms with Gasteiger partial charge in [-0.05, 0) is 19.1 Å². The number of methoxy groups -OCH3 is 1. The molecule has 0 spiro atoms. The first kappa shape index (κ1) is 13.6. The third-order valence-electron chi connectivity index (χ3n) is 2.28. The number of carbonyl (C=O) groups is 2. The molecule has 0 saturated heterocycles. The van der Waals surface area contributed by atoms with Crippen molar-refractivity contribution < 1.29 is 19.2 Å². The first-order valence-corrected chi connectivity index (χ1v) is 5.07. The van der Waals surface area contributed by atoms with Gasteiger partial charge in [-0.25, -0.2) is 4.79 Å². The number of nitrogens with one attached hydrogen (secondary N) is 1. The van der Waals surface area contributed by atoms with Crippen molar-refractivity contribution in [1.29, 1.82) is 0 Å². The molecule has 18 heavy (non-hydrogen) atoms. The summed E-state index contributed by atoms with van der Waals surface area (Å²) in [5.74, 6) is -0.538. The summed E-state index contributed by atoms with van der Waals surface area (Å²) in [4.78, 5) is 32.0. The van der Waals surface area contributed by atoms with Crippen LogP contribution in [0.3, 0.4) is 0 Å². The van der Waals surface area contributed by atoms with Crippen LogP contribution in [0.1, 0.15) is 17.3 Å². The summed E-state index contributed by atoms with van der Waals surface area (Å²) < 4.78 is 4.50. The Morgan fingerprint density at radius 1 is 1.56 bits per heavy atom. The zero-order chi connectivity index (χ0) is 13.7. The molecule has 1 N–H and O–H groups in total. The lowest BCUT2D eigenvalue weighted by Crippen LogP contribution is -2.27. The van der Waals surface area contributed by atoms with Gasteiger partial charge in [0.15, 0.2) is 0 Å². The van der Waals surface area contributed by atoms with E-state index in [-0.39, 0.29) is 16.9 Å². The fourth-order valence-corrected chi connectivity index (χ4v) is 1.36. The molecule has 1 aromatic carbocycles. The first-order valence-electron chi connectivity index (χ1n) is 5.07. The number of aldehydes is 1. The Labute approximate surface area is 103 Å². The molecule has 0 bridgehead atoms. The van der Waals surface area contributed by atoms with Crippen LogP contribution in [0.4, 0.5) is 11.4 Å². The number of anilines is 1. The van der Waals surface area contributed by atoms with Crippen LogP contribution in [0, 0.1) is 10.1 Å². The summed E-state index contributed by atoms with van der Waals surface area (Å²) in [6.07, 6.45) is 0.514. The summed E-state index contributed by atoms with van der Waals surface area (Å²) in [5, 5.41) is 13.5. The van der Waals surface area contributed by atoms with Gasteiger partial charge in [0, 0.05) is 11.6 Å². The van der Waals surface area contributed by atoms with E-state index >= 15 is 0 Å². The highest BCUT2D eigenvalue weighted by Crippen LogP contribution is 2.25. The van der Waals surface area contributed by atoms with Crippen LogP contribution in [-0.4, -0.2) is 30.3 Å². The normalized spacial score (nSPS) is 11.4. The number of hydrogen-bond acceptors (Lipinski definition) is 6.